The number of rotatable bonds is 4. The number of nitrogens with zero attached hydrogens (tertiary/aromatic N) is 8. The quantitative estimate of drug-likeness (QED) is 0.444. The first-order chi connectivity index (χ1) is 16.6. The van der Waals surface area contributed by atoms with Gasteiger partial charge in [0.2, 0.25) is 0 Å². The van der Waals surface area contributed by atoms with E-state index in [9.17, 15) is 0 Å². The summed E-state index contributed by atoms with van der Waals surface area (Å²) in [5.41, 5.74) is 3.16. The zero-order valence-electron chi connectivity index (χ0n) is 19.2. The van der Waals surface area contributed by atoms with Gasteiger partial charge in [0.05, 0.1) is 35.2 Å². The highest BCUT2D eigenvalue weighted by Gasteiger charge is 2.39. The normalized spacial score (nSPS) is 18.2. The molecule has 6 rings (SSSR count). The highest BCUT2D eigenvalue weighted by atomic mass is 35.5. The third-order valence-corrected chi connectivity index (χ3v) is 7.43. The van der Waals surface area contributed by atoms with Crippen molar-refractivity contribution < 1.29 is 0 Å². The van der Waals surface area contributed by atoms with Crippen molar-refractivity contribution in [2.75, 3.05) is 38.1 Å². The summed E-state index contributed by atoms with van der Waals surface area (Å²) >= 11 is 6.05. The predicted octanol–water partition coefficient (Wildman–Crippen LogP) is 3.91. The molecule has 0 bridgehead atoms. The molecule has 4 aromatic heterocycles. The van der Waals surface area contributed by atoms with E-state index in [0.717, 1.165) is 41.1 Å². The van der Waals surface area contributed by atoms with Gasteiger partial charge >= 0.3 is 0 Å². The van der Waals surface area contributed by atoms with Gasteiger partial charge in [-0.1, -0.05) is 11.6 Å². The summed E-state index contributed by atoms with van der Waals surface area (Å²) in [6.45, 7) is 4.96. The minimum atomic E-state index is 0.452. The second-order valence-electron chi connectivity index (χ2n) is 9.63. The smallest absolute Gasteiger partial charge is 0.162 e. The molecule has 0 unspecified atom stereocenters. The van der Waals surface area contributed by atoms with Crippen molar-refractivity contribution >= 4 is 28.3 Å². The molecule has 2 fully saturated rings. The van der Waals surface area contributed by atoms with Gasteiger partial charge in [-0.05, 0) is 56.5 Å². The Hall–Kier alpha value is -3.10. The number of fused-ring (bicyclic) bond motifs is 1. The molecule has 8 nitrogen and oxygen atoms in total. The maximum Gasteiger partial charge on any atom is 0.162 e. The Balaban J connectivity index is 1.38. The Morgan fingerprint density at radius 2 is 1.82 bits per heavy atom. The molecule has 2 saturated heterocycles. The summed E-state index contributed by atoms with van der Waals surface area (Å²) in [5.74, 6) is 1.69. The van der Waals surface area contributed by atoms with Crippen LogP contribution < -0.4 is 4.90 Å². The maximum atomic E-state index is 6.05. The molecule has 0 saturated carbocycles. The van der Waals surface area contributed by atoms with Crippen LogP contribution in [-0.4, -0.2) is 67.8 Å². The van der Waals surface area contributed by atoms with Crippen molar-refractivity contribution in [3.8, 4) is 11.4 Å². The average Bonchev–Trinajstić information content (AvgIpc) is 3.44. The highest BCUT2D eigenvalue weighted by Crippen LogP contribution is 2.41. The van der Waals surface area contributed by atoms with Crippen LogP contribution in [0.3, 0.4) is 0 Å². The van der Waals surface area contributed by atoms with Crippen LogP contribution >= 0.6 is 11.6 Å². The lowest BCUT2D eigenvalue weighted by Crippen LogP contribution is -2.41. The second kappa shape index (κ2) is 8.60. The monoisotopic (exact) mass is 474 g/mol. The number of anilines is 1. The fourth-order valence-electron chi connectivity index (χ4n) is 5.37. The minimum Gasteiger partial charge on any atom is -0.356 e. The number of aromatic nitrogens is 6. The molecule has 2 aliphatic heterocycles. The van der Waals surface area contributed by atoms with Gasteiger partial charge in [-0.2, -0.15) is 5.10 Å². The molecular formula is C25H27ClN8. The summed E-state index contributed by atoms with van der Waals surface area (Å²) in [7, 11) is 2.24. The van der Waals surface area contributed by atoms with Crippen LogP contribution in [-0.2, 0) is 6.54 Å². The van der Waals surface area contributed by atoms with Crippen molar-refractivity contribution in [1.29, 1.82) is 0 Å². The first kappa shape index (κ1) is 21.4. The van der Waals surface area contributed by atoms with Crippen LogP contribution in [0.4, 0.5) is 5.82 Å². The molecule has 174 valence electrons. The van der Waals surface area contributed by atoms with Crippen molar-refractivity contribution in [1.82, 2.24) is 34.6 Å². The standard InChI is InChI=1S/C25H27ClN8/c1-32-9-4-25(17-32)5-10-33(11-6-25)24-21-12-20(16-34-15-19(26)13-29-34)28-14-22(21)30-23(31-24)18-2-7-27-8-3-18/h2-3,7-8,12-15H,4-6,9-11,16-17H2,1H3. The lowest BCUT2D eigenvalue weighted by molar-refractivity contribution is 0.222. The van der Waals surface area contributed by atoms with Gasteiger partial charge < -0.3 is 9.80 Å². The van der Waals surface area contributed by atoms with E-state index >= 15 is 0 Å². The van der Waals surface area contributed by atoms with Gasteiger partial charge in [0, 0.05) is 49.2 Å². The van der Waals surface area contributed by atoms with Crippen LogP contribution in [0.1, 0.15) is 25.0 Å². The zero-order valence-corrected chi connectivity index (χ0v) is 20.0. The highest BCUT2D eigenvalue weighted by molar-refractivity contribution is 6.30. The summed E-state index contributed by atoms with van der Waals surface area (Å²) in [5, 5.41) is 5.94. The molecule has 2 aliphatic rings. The largest absolute Gasteiger partial charge is 0.356 e. The van der Waals surface area contributed by atoms with E-state index in [1.165, 1.54) is 32.4 Å². The van der Waals surface area contributed by atoms with E-state index in [4.69, 9.17) is 21.6 Å². The van der Waals surface area contributed by atoms with Gasteiger partial charge in [-0.15, -0.1) is 0 Å². The minimum absolute atomic E-state index is 0.452. The number of hydrogen-bond donors (Lipinski definition) is 0. The maximum absolute atomic E-state index is 6.05. The molecule has 1 spiro atoms. The summed E-state index contributed by atoms with van der Waals surface area (Å²) in [4.78, 5) is 23.7. The third kappa shape index (κ3) is 4.12. The first-order valence-corrected chi connectivity index (χ1v) is 12.1. The Kier molecular flexibility index (Phi) is 5.42. The number of halogens is 1. The Morgan fingerprint density at radius 1 is 1.03 bits per heavy atom. The van der Waals surface area contributed by atoms with Crippen LogP contribution in [0.5, 0.6) is 0 Å². The molecule has 0 radical (unpaired) electrons. The van der Waals surface area contributed by atoms with Gasteiger partial charge in [0.25, 0.3) is 0 Å². The van der Waals surface area contributed by atoms with E-state index in [1.54, 1.807) is 29.5 Å². The average molecular weight is 475 g/mol. The van der Waals surface area contributed by atoms with E-state index in [-0.39, 0.29) is 0 Å². The molecule has 0 atom stereocenters. The zero-order chi connectivity index (χ0) is 23.1. The lowest BCUT2D eigenvalue weighted by atomic mass is 9.78. The molecule has 0 aliphatic carbocycles. The Labute approximate surface area is 203 Å². The van der Waals surface area contributed by atoms with Crippen molar-refractivity contribution in [2.24, 2.45) is 5.41 Å². The Bertz CT molecular complexity index is 1310. The SMILES string of the molecule is CN1CCC2(CCN(c3nc(-c4ccncc4)nc4cnc(Cn5cc(Cl)cn5)cc34)CC2)C1. The van der Waals surface area contributed by atoms with Crippen LogP contribution in [0.15, 0.2) is 49.2 Å². The van der Waals surface area contributed by atoms with E-state index in [1.807, 2.05) is 18.3 Å². The lowest BCUT2D eigenvalue weighted by Gasteiger charge is -2.40. The molecule has 0 aromatic carbocycles. The summed E-state index contributed by atoms with van der Waals surface area (Å²) in [6.07, 6.45) is 12.5. The molecular weight excluding hydrogens is 448 g/mol. The van der Waals surface area contributed by atoms with Gasteiger partial charge in [-0.3, -0.25) is 14.6 Å². The van der Waals surface area contributed by atoms with Gasteiger partial charge in [0.15, 0.2) is 5.82 Å². The predicted molar refractivity (Wildman–Crippen MR) is 133 cm³/mol. The first-order valence-electron chi connectivity index (χ1n) is 11.8. The van der Waals surface area contributed by atoms with Gasteiger partial charge in [-0.25, -0.2) is 9.97 Å². The Morgan fingerprint density at radius 3 is 2.53 bits per heavy atom. The van der Waals surface area contributed by atoms with Crippen LogP contribution in [0.25, 0.3) is 22.3 Å². The summed E-state index contributed by atoms with van der Waals surface area (Å²) < 4.78 is 1.80. The molecule has 9 heteroatoms. The fourth-order valence-corrected chi connectivity index (χ4v) is 5.52. The second-order valence-corrected chi connectivity index (χ2v) is 10.1. The van der Waals surface area contributed by atoms with Crippen molar-refractivity contribution in [3.63, 3.8) is 0 Å². The molecule has 0 amide bonds. The number of piperidine rings is 1. The topological polar surface area (TPSA) is 75.9 Å². The third-order valence-electron chi connectivity index (χ3n) is 7.24. The van der Waals surface area contributed by atoms with Crippen molar-refractivity contribution in [3.05, 3.63) is 59.9 Å². The van der Waals surface area contributed by atoms with Crippen LogP contribution in [0, 0.1) is 5.41 Å². The fraction of sp³-hybridized carbons (Fsp3) is 0.400. The summed E-state index contributed by atoms with van der Waals surface area (Å²) in [6, 6.07) is 6.01. The number of hydrogen-bond acceptors (Lipinski definition) is 7. The number of pyridine rings is 2. The molecule has 0 N–H and O–H groups in total. The van der Waals surface area contributed by atoms with Gasteiger partial charge in [0.1, 0.15) is 5.82 Å². The van der Waals surface area contributed by atoms with Crippen molar-refractivity contribution in [2.45, 2.75) is 25.8 Å². The molecule has 6 heterocycles. The molecule has 4 aromatic rings. The van der Waals surface area contributed by atoms with E-state index < -0.39 is 0 Å². The van der Waals surface area contributed by atoms with E-state index in [2.05, 4.69) is 38.0 Å². The molecule has 34 heavy (non-hydrogen) atoms. The van der Waals surface area contributed by atoms with E-state index in [0.29, 0.717) is 22.8 Å². The van der Waals surface area contributed by atoms with Crippen LogP contribution in [0.2, 0.25) is 5.02 Å². The number of likely N-dealkylation sites (tertiary alicyclic amines) is 1.